The summed E-state index contributed by atoms with van der Waals surface area (Å²) in [6.07, 6.45) is 0. The van der Waals surface area contributed by atoms with Gasteiger partial charge in [0.2, 0.25) is 0 Å². The SMILES string of the molecule is c1ccc(-c2ccc(N(c3ccc(-c4cccc5c4ccc4sc6ccccc6c45)cc3)c3cccc(-c4ccc5ccccc5c4)c3)cc2)cc1. The van der Waals surface area contributed by atoms with Crippen LogP contribution in [0.15, 0.2) is 200 Å². The van der Waals surface area contributed by atoms with E-state index in [4.69, 9.17) is 0 Å². The zero-order chi connectivity index (χ0) is 34.4. The smallest absolute Gasteiger partial charge is 0.0467 e. The lowest BCUT2D eigenvalue weighted by Gasteiger charge is -2.26. The molecular weight excluding hydrogens is 647 g/mol. The Labute approximate surface area is 307 Å². The minimum absolute atomic E-state index is 1.11. The van der Waals surface area contributed by atoms with E-state index in [0.29, 0.717) is 0 Å². The summed E-state index contributed by atoms with van der Waals surface area (Å²) in [5.41, 5.74) is 10.6. The van der Waals surface area contributed by atoms with Crippen molar-refractivity contribution in [3.63, 3.8) is 0 Å². The van der Waals surface area contributed by atoms with Gasteiger partial charge < -0.3 is 4.90 Å². The van der Waals surface area contributed by atoms with E-state index in [1.807, 2.05) is 11.3 Å². The van der Waals surface area contributed by atoms with Gasteiger partial charge in [-0.2, -0.15) is 0 Å². The summed E-state index contributed by atoms with van der Waals surface area (Å²) in [5, 5.41) is 7.77. The van der Waals surface area contributed by atoms with E-state index in [2.05, 4.69) is 205 Å². The summed E-state index contributed by atoms with van der Waals surface area (Å²) in [6, 6.07) is 72.9. The molecule has 0 N–H and O–H groups in total. The number of benzene rings is 9. The second-order valence-corrected chi connectivity index (χ2v) is 14.4. The van der Waals surface area contributed by atoms with E-state index < -0.39 is 0 Å². The summed E-state index contributed by atoms with van der Waals surface area (Å²) in [7, 11) is 0. The molecule has 2 heteroatoms. The normalized spacial score (nSPS) is 11.5. The van der Waals surface area contributed by atoms with Gasteiger partial charge in [-0.25, -0.2) is 0 Å². The Balaban J connectivity index is 1.08. The van der Waals surface area contributed by atoms with Crippen molar-refractivity contribution in [2.75, 3.05) is 4.90 Å². The third-order valence-corrected chi connectivity index (χ3v) is 11.4. The summed E-state index contributed by atoms with van der Waals surface area (Å²) >= 11 is 1.87. The molecule has 0 aliphatic rings. The maximum Gasteiger partial charge on any atom is 0.0467 e. The molecule has 52 heavy (non-hydrogen) atoms. The number of rotatable bonds is 6. The molecular formula is C50H33NS. The van der Waals surface area contributed by atoms with Gasteiger partial charge in [-0.1, -0.05) is 146 Å². The lowest BCUT2D eigenvalue weighted by Crippen LogP contribution is -2.10. The van der Waals surface area contributed by atoms with Crippen molar-refractivity contribution < 1.29 is 0 Å². The highest BCUT2D eigenvalue weighted by Crippen LogP contribution is 2.42. The van der Waals surface area contributed by atoms with E-state index >= 15 is 0 Å². The molecule has 9 aromatic carbocycles. The zero-order valence-electron chi connectivity index (χ0n) is 28.4. The van der Waals surface area contributed by atoms with Crippen LogP contribution in [-0.2, 0) is 0 Å². The van der Waals surface area contributed by atoms with Crippen molar-refractivity contribution >= 4 is 70.1 Å². The summed E-state index contributed by atoms with van der Waals surface area (Å²) < 4.78 is 2.67. The van der Waals surface area contributed by atoms with E-state index in [1.165, 1.54) is 75.1 Å². The second kappa shape index (κ2) is 12.7. The molecule has 0 aliphatic heterocycles. The van der Waals surface area contributed by atoms with Crippen molar-refractivity contribution in [2.24, 2.45) is 0 Å². The van der Waals surface area contributed by atoms with Gasteiger partial charge in [0, 0.05) is 37.2 Å². The van der Waals surface area contributed by atoms with Gasteiger partial charge in [0.05, 0.1) is 0 Å². The van der Waals surface area contributed by atoms with Crippen LogP contribution in [0.1, 0.15) is 0 Å². The van der Waals surface area contributed by atoms with Gasteiger partial charge in [-0.05, 0) is 110 Å². The van der Waals surface area contributed by atoms with Gasteiger partial charge in [0.15, 0.2) is 0 Å². The van der Waals surface area contributed by atoms with Crippen LogP contribution in [0.5, 0.6) is 0 Å². The summed E-state index contributed by atoms with van der Waals surface area (Å²) in [6.45, 7) is 0. The van der Waals surface area contributed by atoms with Gasteiger partial charge in [-0.15, -0.1) is 11.3 Å². The molecule has 0 fully saturated rings. The van der Waals surface area contributed by atoms with Gasteiger partial charge >= 0.3 is 0 Å². The lowest BCUT2D eigenvalue weighted by atomic mass is 9.95. The zero-order valence-corrected chi connectivity index (χ0v) is 29.2. The van der Waals surface area contributed by atoms with E-state index in [1.54, 1.807) is 0 Å². The standard InChI is InChI=1S/C50H33NS/c1-2-10-34(11-3-1)36-22-26-41(27-23-36)51(43-15-8-14-39(33-43)40-21-20-35-12-4-5-13-38(35)32-40)42-28-24-37(25-29-42)44-17-9-18-46-45(44)30-31-49-50(46)47-16-6-7-19-48(47)52-49/h1-33H. The largest absolute Gasteiger partial charge is 0.310 e. The Kier molecular flexibility index (Phi) is 7.41. The molecule has 0 amide bonds. The van der Waals surface area contributed by atoms with Gasteiger partial charge in [-0.3, -0.25) is 0 Å². The summed E-state index contributed by atoms with van der Waals surface area (Å²) in [5.74, 6) is 0. The Bertz CT molecular complexity index is 2890. The third kappa shape index (κ3) is 5.33. The maximum absolute atomic E-state index is 2.37. The highest BCUT2D eigenvalue weighted by Gasteiger charge is 2.16. The van der Waals surface area contributed by atoms with Crippen LogP contribution in [0.4, 0.5) is 17.1 Å². The first kappa shape index (κ1) is 30.4. The van der Waals surface area contributed by atoms with Crippen LogP contribution in [0, 0.1) is 0 Å². The molecule has 1 nitrogen and oxygen atoms in total. The van der Waals surface area contributed by atoms with E-state index in [9.17, 15) is 0 Å². The Hall–Kier alpha value is -6.48. The first-order valence-corrected chi connectivity index (χ1v) is 18.6. The Morgan fingerprint density at radius 1 is 0.308 bits per heavy atom. The average Bonchev–Trinajstić information content (AvgIpc) is 3.61. The van der Waals surface area contributed by atoms with Crippen molar-refractivity contribution in [3.8, 4) is 33.4 Å². The van der Waals surface area contributed by atoms with Crippen LogP contribution >= 0.6 is 11.3 Å². The third-order valence-electron chi connectivity index (χ3n) is 10.3. The molecule has 1 heterocycles. The van der Waals surface area contributed by atoms with Crippen LogP contribution < -0.4 is 4.90 Å². The first-order chi connectivity index (χ1) is 25.8. The number of anilines is 3. The maximum atomic E-state index is 2.37. The molecule has 0 saturated heterocycles. The van der Waals surface area contributed by atoms with Gasteiger partial charge in [0.25, 0.3) is 0 Å². The Morgan fingerprint density at radius 3 is 1.75 bits per heavy atom. The highest BCUT2D eigenvalue weighted by molar-refractivity contribution is 7.26. The minimum Gasteiger partial charge on any atom is -0.310 e. The molecule has 0 radical (unpaired) electrons. The van der Waals surface area contributed by atoms with E-state index in [0.717, 1.165) is 17.1 Å². The topological polar surface area (TPSA) is 3.24 Å². The number of nitrogens with zero attached hydrogens (tertiary/aromatic N) is 1. The van der Waals surface area contributed by atoms with Crippen molar-refractivity contribution in [1.29, 1.82) is 0 Å². The molecule has 0 spiro atoms. The van der Waals surface area contributed by atoms with Crippen LogP contribution in [0.25, 0.3) is 75.1 Å². The first-order valence-electron chi connectivity index (χ1n) is 17.8. The number of hydrogen-bond acceptors (Lipinski definition) is 2. The molecule has 0 unspecified atom stereocenters. The molecule has 10 rings (SSSR count). The fourth-order valence-electron chi connectivity index (χ4n) is 7.70. The molecule has 0 aliphatic carbocycles. The fourth-order valence-corrected chi connectivity index (χ4v) is 8.82. The van der Waals surface area contributed by atoms with Gasteiger partial charge in [0.1, 0.15) is 0 Å². The van der Waals surface area contributed by atoms with Crippen LogP contribution in [0.2, 0.25) is 0 Å². The minimum atomic E-state index is 1.11. The lowest BCUT2D eigenvalue weighted by molar-refractivity contribution is 1.28. The fraction of sp³-hybridized carbons (Fsp3) is 0. The van der Waals surface area contributed by atoms with Crippen molar-refractivity contribution in [2.45, 2.75) is 0 Å². The molecule has 244 valence electrons. The van der Waals surface area contributed by atoms with E-state index in [-0.39, 0.29) is 0 Å². The van der Waals surface area contributed by atoms with Crippen molar-refractivity contribution in [3.05, 3.63) is 200 Å². The quantitative estimate of drug-likeness (QED) is 0.169. The molecule has 0 bridgehead atoms. The van der Waals surface area contributed by atoms with Crippen LogP contribution in [-0.4, -0.2) is 0 Å². The highest BCUT2D eigenvalue weighted by atomic mass is 32.1. The Morgan fingerprint density at radius 2 is 0.923 bits per heavy atom. The number of thiophene rings is 1. The predicted octanol–water partition coefficient (Wildman–Crippen LogP) is 14.8. The molecule has 0 atom stereocenters. The number of fused-ring (bicyclic) bond motifs is 6. The number of hydrogen-bond donors (Lipinski definition) is 0. The van der Waals surface area contributed by atoms with Crippen molar-refractivity contribution in [1.82, 2.24) is 0 Å². The average molecular weight is 680 g/mol. The summed E-state index contributed by atoms with van der Waals surface area (Å²) in [4.78, 5) is 2.37. The monoisotopic (exact) mass is 679 g/mol. The molecule has 0 saturated carbocycles. The van der Waals surface area contributed by atoms with Crippen LogP contribution in [0.3, 0.4) is 0 Å². The second-order valence-electron chi connectivity index (χ2n) is 13.3. The molecule has 10 aromatic rings. The predicted molar refractivity (Wildman–Crippen MR) is 225 cm³/mol. The molecule has 1 aromatic heterocycles.